The quantitative estimate of drug-likeness (QED) is 0.457. The summed E-state index contributed by atoms with van der Waals surface area (Å²) in [5.41, 5.74) is 0. The fourth-order valence-corrected chi connectivity index (χ4v) is 0.574. The van der Waals surface area contributed by atoms with Crippen LogP contribution in [-0.4, -0.2) is 13.1 Å². The van der Waals surface area contributed by atoms with Gasteiger partial charge < -0.3 is 4.74 Å². The maximum absolute atomic E-state index is 10.6. The van der Waals surface area contributed by atoms with Gasteiger partial charge in [0.05, 0.1) is 13.5 Å². The highest BCUT2D eigenvalue weighted by molar-refractivity contribution is 5.70. The standard InChI is InChI=1S/C9H14O2/c1-3-4-5-6-7-8-9(10)11-2/h3-4,6-7H,5,8H2,1-2H3. The minimum absolute atomic E-state index is 0.193. The van der Waals surface area contributed by atoms with Crippen molar-refractivity contribution in [1.29, 1.82) is 0 Å². The van der Waals surface area contributed by atoms with E-state index < -0.39 is 0 Å². The molecule has 0 amide bonds. The Bertz CT molecular complexity index is 157. The van der Waals surface area contributed by atoms with Crippen LogP contribution in [0.15, 0.2) is 24.3 Å². The second-order valence-corrected chi connectivity index (χ2v) is 2.06. The Balaban J connectivity index is 3.36. The van der Waals surface area contributed by atoms with Crippen molar-refractivity contribution in [1.82, 2.24) is 0 Å². The van der Waals surface area contributed by atoms with Crippen LogP contribution in [0.3, 0.4) is 0 Å². The molecule has 0 fully saturated rings. The van der Waals surface area contributed by atoms with Gasteiger partial charge in [0.15, 0.2) is 0 Å². The molecule has 0 aromatic rings. The number of esters is 1. The normalized spacial score (nSPS) is 11.1. The molecule has 0 N–H and O–H groups in total. The first-order valence-electron chi connectivity index (χ1n) is 3.64. The number of rotatable bonds is 4. The summed E-state index contributed by atoms with van der Waals surface area (Å²) in [6, 6.07) is 0. The zero-order valence-corrected chi connectivity index (χ0v) is 7.04. The molecule has 0 saturated carbocycles. The monoisotopic (exact) mass is 154 g/mol. The van der Waals surface area contributed by atoms with E-state index in [1.165, 1.54) is 7.11 Å². The van der Waals surface area contributed by atoms with E-state index in [0.717, 1.165) is 6.42 Å². The third-order valence-corrected chi connectivity index (χ3v) is 1.19. The predicted molar refractivity (Wildman–Crippen MR) is 45.2 cm³/mol. The summed E-state index contributed by atoms with van der Waals surface area (Å²) in [7, 11) is 1.39. The van der Waals surface area contributed by atoms with Gasteiger partial charge >= 0.3 is 5.97 Å². The fourth-order valence-electron chi connectivity index (χ4n) is 0.574. The molecule has 0 spiro atoms. The average molecular weight is 154 g/mol. The Hall–Kier alpha value is -1.05. The average Bonchev–Trinajstić information content (AvgIpc) is 2.04. The number of hydrogen-bond acceptors (Lipinski definition) is 2. The topological polar surface area (TPSA) is 26.3 Å². The number of carbonyl (C=O) groups is 1. The number of allylic oxidation sites excluding steroid dienone is 3. The van der Waals surface area contributed by atoms with Crippen LogP contribution in [0.5, 0.6) is 0 Å². The molecule has 0 radical (unpaired) electrons. The molecule has 0 aliphatic heterocycles. The van der Waals surface area contributed by atoms with Crippen molar-refractivity contribution < 1.29 is 9.53 Å². The Morgan fingerprint density at radius 2 is 2.09 bits per heavy atom. The minimum atomic E-state index is -0.193. The van der Waals surface area contributed by atoms with Crippen LogP contribution < -0.4 is 0 Å². The van der Waals surface area contributed by atoms with E-state index in [4.69, 9.17) is 0 Å². The van der Waals surface area contributed by atoms with E-state index >= 15 is 0 Å². The van der Waals surface area contributed by atoms with E-state index in [0.29, 0.717) is 6.42 Å². The molecular formula is C9H14O2. The van der Waals surface area contributed by atoms with Crippen molar-refractivity contribution in [3.05, 3.63) is 24.3 Å². The van der Waals surface area contributed by atoms with Crippen molar-refractivity contribution in [2.24, 2.45) is 0 Å². The summed E-state index contributed by atoms with van der Waals surface area (Å²) in [5, 5.41) is 0. The molecule has 0 saturated heterocycles. The molecule has 2 heteroatoms. The molecule has 0 bridgehead atoms. The van der Waals surface area contributed by atoms with Crippen LogP contribution >= 0.6 is 0 Å². The van der Waals surface area contributed by atoms with Gasteiger partial charge in [-0.2, -0.15) is 0 Å². The van der Waals surface area contributed by atoms with Crippen LogP contribution in [-0.2, 0) is 9.53 Å². The Morgan fingerprint density at radius 1 is 1.36 bits per heavy atom. The van der Waals surface area contributed by atoms with E-state index in [1.807, 2.05) is 31.2 Å². The van der Waals surface area contributed by atoms with Gasteiger partial charge in [-0.3, -0.25) is 4.79 Å². The van der Waals surface area contributed by atoms with Crippen LogP contribution in [0.25, 0.3) is 0 Å². The summed E-state index contributed by atoms with van der Waals surface area (Å²) in [6.07, 6.45) is 9.00. The Morgan fingerprint density at radius 3 is 2.64 bits per heavy atom. The van der Waals surface area contributed by atoms with Crippen molar-refractivity contribution in [2.45, 2.75) is 19.8 Å². The zero-order chi connectivity index (χ0) is 8.53. The highest BCUT2D eigenvalue weighted by Crippen LogP contribution is 1.90. The Labute approximate surface area is 67.6 Å². The summed E-state index contributed by atoms with van der Waals surface area (Å²) in [6.45, 7) is 1.97. The third-order valence-electron chi connectivity index (χ3n) is 1.19. The third kappa shape index (κ3) is 6.84. The predicted octanol–water partition coefficient (Wildman–Crippen LogP) is 2.07. The van der Waals surface area contributed by atoms with Crippen molar-refractivity contribution >= 4 is 5.97 Å². The van der Waals surface area contributed by atoms with E-state index in [2.05, 4.69) is 4.74 Å². The van der Waals surface area contributed by atoms with E-state index in [-0.39, 0.29) is 5.97 Å². The van der Waals surface area contributed by atoms with Crippen LogP contribution in [0.2, 0.25) is 0 Å². The van der Waals surface area contributed by atoms with E-state index in [1.54, 1.807) is 0 Å². The summed E-state index contributed by atoms with van der Waals surface area (Å²) in [4.78, 5) is 10.6. The molecule has 0 aromatic heterocycles. The molecule has 2 nitrogen and oxygen atoms in total. The lowest BCUT2D eigenvalue weighted by Crippen LogP contribution is -1.96. The Kier molecular flexibility index (Phi) is 6.39. The lowest BCUT2D eigenvalue weighted by Gasteiger charge is -1.90. The van der Waals surface area contributed by atoms with Crippen molar-refractivity contribution in [3.8, 4) is 0 Å². The highest BCUT2D eigenvalue weighted by atomic mass is 16.5. The van der Waals surface area contributed by atoms with E-state index in [9.17, 15) is 4.79 Å². The van der Waals surface area contributed by atoms with Gasteiger partial charge in [0.1, 0.15) is 0 Å². The molecule has 0 rings (SSSR count). The molecule has 0 aromatic carbocycles. The molecular weight excluding hydrogens is 140 g/mol. The smallest absolute Gasteiger partial charge is 0.309 e. The van der Waals surface area contributed by atoms with Gasteiger partial charge in [0.25, 0.3) is 0 Å². The summed E-state index contributed by atoms with van der Waals surface area (Å²) in [5.74, 6) is -0.193. The van der Waals surface area contributed by atoms with Gasteiger partial charge in [-0.25, -0.2) is 0 Å². The lowest BCUT2D eigenvalue weighted by atomic mass is 10.3. The van der Waals surface area contributed by atoms with Crippen molar-refractivity contribution in [2.75, 3.05) is 7.11 Å². The van der Waals surface area contributed by atoms with Gasteiger partial charge in [0.2, 0.25) is 0 Å². The fraction of sp³-hybridized carbons (Fsp3) is 0.444. The second-order valence-electron chi connectivity index (χ2n) is 2.06. The second kappa shape index (κ2) is 7.06. The number of ether oxygens (including phenoxy) is 1. The first-order chi connectivity index (χ1) is 5.31. The molecule has 0 aliphatic carbocycles. The molecule has 11 heavy (non-hydrogen) atoms. The zero-order valence-electron chi connectivity index (χ0n) is 7.04. The molecule has 0 unspecified atom stereocenters. The van der Waals surface area contributed by atoms with Crippen molar-refractivity contribution in [3.63, 3.8) is 0 Å². The summed E-state index contributed by atoms with van der Waals surface area (Å²) < 4.78 is 4.45. The van der Waals surface area contributed by atoms with Crippen LogP contribution in [0.1, 0.15) is 19.8 Å². The van der Waals surface area contributed by atoms with Gasteiger partial charge in [-0.05, 0) is 13.3 Å². The molecule has 62 valence electrons. The first-order valence-corrected chi connectivity index (χ1v) is 3.64. The lowest BCUT2D eigenvalue weighted by molar-refractivity contribution is -0.139. The number of hydrogen-bond donors (Lipinski definition) is 0. The van der Waals surface area contributed by atoms with Crippen LogP contribution in [0.4, 0.5) is 0 Å². The molecule has 0 aliphatic rings. The number of carbonyl (C=O) groups excluding carboxylic acids is 1. The largest absolute Gasteiger partial charge is 0.469 e. The van der Waals surface area contributed by atoms with Gasteiger partial charge in [-0.15, -0.1) is 0 Å². The highest BCUT2D eigenvalue weighted by Gasteiger charge is 1.91. The molecule has 0 atom stereocenters. The maximum atomic E-state index is 10.6. The summed E-state index contributed by atoms with van der Waals surface area (Å²) >= 11 is 0. The number of methoxy groups -OCH3 is 1. The van der Waals surface area contributed by atoms with Gasteiger partial charge in [0, 0.05) is 0 Å². The molecule has 0 heterocycles. The first kappa shape index (κ1) is 9.95. The minimum Gasteiger partial charge on any atom is -0.469 e. The SMILES string of the molecule is CC=CCC=CCC(=O)OC. The van der Waals surface area contributed by atoms with Crippen LogP contribution in [0, 0.1) is 0 Å². The van der Waals surface area contributed by atoms with Gasteiger partial charge in [-0.1, -0.05) is 24.3 Å². The maximum Gasteiger partial charge on any atom is 0.309 e.